The maximum absolute atomic E-state index is 12.7. The molecule has 1 saturated carbocycles. The van der Waals surface area contributed by atoms with Gasteiger partial charge in [0.2, 0.25) is 0 Å². The predicted octanol–water partition coefficient (Wildman–Crippen LogP) is 2.19. The summed E-state index contributed by atoms with van der Waals surface area (Å²) in [6.07, 6.45) is 8.24. The van der Waals surface area contributed by atoms with Gasteiger partial charge < -0.3 is 16.0 Å². The number of piperidine rings is 1. The second-order valence-electron chi connectivity index (χ2n) is 7.52. The largest absolute Gasteiger partial charge is 0.367 e. The van der Waals surface area contributed by atoms with Crippen LogP contribution < -0.4 is 16.0 Å². The topological polar surface area (TPSA) is 83.9 Å². The molecular formula is C19H28N6O. The van der Waals surface area contributed by atoms with E-state index in [0.29, 0.717) is 11.7 Å². The van der Waals surface area contributed by atoms with Crippen molar-refractivity contribution in [2.24, 2.45) is 7.05 Å². The number of nitrogens with zero attached hydrogens (tertiary/aromatic N) is 3. The predicted molar refractivity (Wildman–Crippen MR) is 102 cm³/mol. The highest BCUT2D eigenvalue weighted by molar-refractivity contribution is 6.04. The molecule has 0 aromatic carbocycles. The third-order valence-corrected chi connectivity index (χ3v) is 5.53. The fourth-order valence-electron chi connectivity index (χ4n) is 4.06. The molecule has 2 fully saturated rings. The molecule has 1 aliphatic carbocycles. The molecule has 3 N–H and O–H groups in total. The van der Waals surface area contributed by atoms with Crippen molar-refractivity contribution in [3.8, 4) is 0 Å². The molecule has 1 saturated heterocycles. The standard InChI is InChI=1S/C19H28N6O/c1-25-18-15(7-8-16(23-18)21-13-5-3-2-4-6-13)17(24-25)19(26)22-14-9-11-20-12-10-14/h7-8,13-14,20H,2-6,9-12H2,1H3,(H,21,23)(H,22,26). The van der Waals surface area contributed by atoms with Gasteiger partial charge in [0.15, 0.2) is 11.3 Å². The molecule has 0 bridgehead atoms. The SMILES string of the molecule is Cn1nc(C(=O)NC2CCNCC2)c2ccc(NC3CCCCC3)nc21. The molecule has 1 amide bonds. The number of fused-ring (bicyclic) bond motifs is 1. The number of pyridine rings is 1. The Hall–Kier alpha value is -2.15. The summed E-state index contributed by atoms with van der Waals surface area (Å²) >= 11 is 0. The average Bonchev–Trinajstić information content (AvgIpc) is 3.00. The van der Waals surface area contributed by atoms with Gasteiger partial charge in [0.05, 0.1) is 5.39 Å². The van der Waals surface area contributed by atoms with E-state index in [1.54, 1.807) is 4.68 Å². The summed E-state index contributed by atoms with van der Waals surface area (Å²) in [5.41, 5.74) is 1.22. The number of amides is 1. The highest BCUT2D eigenvalue weighted by Crippen LogP contribution is 2.23. The van der Waals surface area contributed by atoms with Crippen LogP contribution >= 0.6 is 0 Å². The van der Waals surface area contributed by atoms with Gasteiger partial charge in [-0.2, -0.15) is 5.10 Å². The van der Waals surface area contributed by atoms with Crippen molar-refractivity contribution in [2.75, 3.05) is 18.4 Å². The van der Waals surface area contributed by atoms with Crippen molar-refractivity contribution in [1.82, 2.24) is 25.4 Å². The van der Waals surface area contributed by atoms with Crippen molar-refractivity contribution in [3.05, 3.63) is 17.8 Å². The molecule has 2 aliphatic rings. The number of carbonyl (C=O) groups excluding carboxylic acids is 1. The third kappa shape index (κ3) is 3.67. The highest BCUT2D eigenvalue weighted by Gasteiger charge is 2.22. The molecule has 0 radical (unpaired) electrons. The zero-order valence-corrected chi connectivity index (χ0v) is 15.4. The van der Waals surface area contributed by atoms with E-state index in [1.165, 1.54) is 32.1 Å². The second kappa shape index (κ2) is 7.61. The van der Waals surface area contributed by atoms with E-state index in [0.717, 1.165) is 42.8 Å². The first-order valence-corrected chi connectivity index (χ1v) is 9.82. The Balaban J connectivity index is 1.52. The van der Waals surface area contributed by atoms with E-state index in [4.69, 9.17) is 4.98 Å². The van der Waals surface area contributed by atoms with Crippen molar-refractivity contribution in [1.29, 1.82) is 0 Å². The molecule has 1 aliphatic heterocycles. The van der Waals surface area contributed by atoms with Crippen LogP contribution in [0, 0.1) is 0 Å². The molecule has 0 unspecified atom stereocenters. The molecule has 140 valence electrons. The minimum atomic E-state index is -0.0997. The Kier molecular flexibility index (Phi) is 5.06. The maximum atomic E-state index is 12.7. The Bertz CT molecular complexity index is 774. The quantitative estimate of drug-likeness (QED) is 0.782. The van der Waals surface area contributed by atoms with Gasteiger partial charge in [-0.05, 0) is 50.9 Å². The molecule has 0 spiro atoms. The van der Waals surface area contributed by atoms with E-state index in [2.05, 4.69) is 21.0 Å². The normalized spacial score (nSPS) is 19.6. The summed E-state index contributed by atoms with van der Waals surface area (Å²) in [5.74, 6) is 0.773. The lowest BCUT2D eigenvalue weighted by Crippen LogP contribution is -2.42. The van der Waals surface area contributed by atoms with Gasteiger partial charge in [-0.3, -0.25) is 4.79 Å². The van der Waals surface area contributed by atoms with Gasteiger partial charge in [0, 0.05) is 19.1 Å². The van der Waals surface area contributed by atoms with E-state index in [-0.39, 0.29) is 11.9 Å². The molecule has 2 aromatic heterocycles. The monoisotopic (exact) mass is 356 g/mol. The maximum Gasteiger partial charge on any atom is 0.272 e. The number of nitrogens with one attached hydrogen (secondary N) is 3. The van der Waals surface area contributed by atoms with Crippen LogP contribution in [-0.2, 0) is 7.05 Å². The zero-order chi connectivity index (χ0) is 17.9. The van der Waals surface area contributed by atoms with Crippen LogP contribution in [0.5, 0.6) is 0 Å². The van der Waals surface area contributed by atoms with E-state index >= 15 is 0 Å². The van der Waals surface area contributed by atoms with Gasteiger partial charge in [-0.1, -0.05) is 19.3 Å². The van der Waals surface area contributed by atoms with Crippen molar-refractivity contribution < 1.29 is 4.79 Å². The number of rotatable bonds is 4. The molecule has 7 nitrogen and oxygen atoms in total. The number of hydrogen-bond acceptors (Lipinski definition) is 5. The summed E-state index contributed by atoms with van der Waals surface area (Å²) in [5, 5.41) is 15.2. The number of anilines is 1. The van der Waals surface area contributed by atoms with Crippen LogP contribution in [0.15, 0.2) is 12.1 Å². The van der Waals surface area contributed by atoms with Crippen LogP contribution in [0.3, 0.4) is 0 Å². The van der Waals surface area contributed by atoms with Crippen LogP contribution in [0.4, 0.5) is 5.82 Å². The third-order valence-electron chi connectivity index (χ3n) is 5.53. The van der Waals surface area contributed by atoms with Gasteiger partial charge in [0.1, 0.15) is 5.82 Å². The Morgan fingerprint density at radius 1 is 1.12 bits per heavy atom. The number of carbonyl (C=O) groups is 1. The summed E-state index contributed by atoms with van der Waals surface area (Å²) < 4.78 is 1.71. The van der Waals surface area contributed by atoms with Crippen molar-refractivity contribution in [3.63, 3.8) is 0 Å². The minimum Gasteiger partial charge on any atom is -0.367 e. The lowest BCUT2D eigenvalue weighted by Gasteiger charge is -2.23. The first-order valence-electron chi connectivity index (χ1n) is 9.82. The summed E-state index contributed by atoms with van der Waals surface area (Å²) in [4.78, 5) is 17.4. The molecule has 3 heterocycles. The number of hydrogen-bond donors (Lipinski definition) is 3. The van der Waals surface area contributed by atoms with Crippen molar-refractivity contribution >= 4 is 22.8 Å². The summed E-state index contributed by atoms with van der Waals surface area (Å²) in [7, 11) is 1.85. The lowest BCUT2D eigenvalue weighted by atomic mass is 9.95. The van der Waals surface area contributed by atoms with Crippen LogP contribution in [0.2, 0.25) is 0 Å². The Morgan fingerprint density at radius 3 is 2.65 bits per heavy atom. The highest BCUT2D eigenvalue weighted by atomic mass is 16.2. The first kappa shape index (κ1) is 17.3. The molecule has 4 rings (SSSR count). The number of aryl methyl sites for hydroxylation is 1. The lowest BCUT2D eigenvalue weighted by molar-refractivity contribution is 0.0925. The molecule has 0 atom stereocenters. The fraction of sp³-hybridized carbons (Fsp3) is 0.632. The molecule has 7 heteroatoms. The minimum absolute atomic E-state index is 0.0997. The fourth-order valence-corrected chi connectivity index (χ4v) is 4.06. The average molecular weight is 356 g/mol. The second-order valence-corrected chi connectivity index (χ2v) is 7.52. The van der Waals surface area contributed by atoms with E-state index < -0.39 is 0 Å². The molecular weight excluding hydrogens is 328 g/mol. The zero-order valence-electron chi connectivity index (χ0n) is 15.4. The van der Waals surface area contributed by atoms with Crippen LogP contribution in [0.1, 0.15) is 55.4 Å². The first-order chi connectivity index (χ1) is 12.7. The van der Waals surface area contributed by atoms with E-state index in [9.17, 15) is 4.79 Å². The van der Waals surface area contributed by atoms with Gasteiger partial charge >= 0.3 is 0 Å². The Labute approximate surface area is 153 Å². The molecule has 2 aromatic rings. The number of aromatic nitrogens is 3. The summed E-state index contributed by atoms with van der Waals surface area (Å²) in [6.45, 7) is 1.90. The van der Waals surface area contributed by atoms with Gasteiger partial charge in [-0.15, -0.1) is 0 Å². The van der Waals surface area contributed by atoms with Crippen LogP contribution in [-0.4, -0.2) is 45.8 Å². The Morgan fingerprint density at radius 2 is 1.88 bits per heavy atom. The van der Waals surface area contributed by atoms with Gasteiger partial charge in [0.25, 0.3) is 5.91 Å². The van der Waals surface area contributed by atoms with E-state index in [1.807, 2.05) is 19.2 Å². The molecule has 26 heavy (non-hydrogen) atoms. The van der Waals surface area contributed by atoms with Crippen LogP contribution in [0.25, 0.3) is 11.0 Å². The van der Waals surface area contributed by atoms with Crippen molar-refractivity contribution in [2.45, 2.75) is 57.0 Å². The smallest absolute Gasteiger partial charge is 0.272 e. The summed E-state index contributed by atoms with van der Waals surface area (Å²) in [6, 6.07) is 4.67. The van der Waals surface area contributed by atoms with Gasteiger partial charge in [-0.25, -0.2) is 9.67 Å².